The Morgan fingerprint density at radius 3 is 2.39 bits per heavy atom. The molecule has 0 radical (unpaired) electrons. The van der Waals surface area contributed by atoms with Gasteiger partial charge in [-0.15, -0.1) is 0 Å². The normalized spacial score (nSPS) is 15.1. The van der Waals surface area contributed by atoms with E-state index in [9.17, 15) is 9.90 Å². The lowest BCUT2D eigenvalue weighted by molar-refractivity contribution is 0.0916. The van der Waals surface area contributed by atoms with Crippen molar-refractivity contribution < 1.29 is 9.90 Å². The van der Waals surface area contributed by atoms with Crippen LogP contribution in [0, 0.1) is 0 Å². The van der Waals surface area contributed by atoms with Crippen LogP contribution in [-0.4, -0.2) is 59.7 Å². The largest absolute Gasteiger partial charge is 0.394 e. The maximum absolute atomic E-state index is 13.2. The standard InChI is InChI=1S/C30H32N4O2/c35-22-27(20-23-7-2-1-3-8-23)32-30(36)28-11-6-14-31-29(28)34-17-15-33(16-18-34)21-24-12-13-25-9-4-5-10-26(25)19-24/h1-14,19,27,35H,15-18,20-22H2,(H,32,36). The minimum atomic E-state index is -0.355. The van der Waals surface area contributed by atoms with Crippen LogP contribution >= 0.6 is 0 Å². The van der Waals surface area contributed by atoms with Crippen molar-refractivity contribution in [1.82, 2.24) is 15.2 Å². The van der Waals surface area contributed by atoms with E-state index in [1.807, 2.05) is 36.4 Å². The number of benzene rings is 3. The number of nitrogens with zero attached hydrogens (tertiary/aromatic N) is 3. The second-order valence-corrected chi connectivity index (χ2v) is 9.36. The number of piperazine rings is 1. The summed E-state index contributed by atoms with van der Waals surface area (Å²) in [6.45, 7) is 4.20. The third-order valence-electron chi connectivity index (χ3n) is 6.80. The van der Waals surface area contributed by atoms with Crippen molar-refractivity contribution >= 4 is 22.5 Å². The van der Waals surface area contributed by atoms with Crippen LogP contribution in [0.1, 0.15) is 21.5 Å². The molecule has 2 heterocycles. The van der Waals surface area contributed by atoms with Crippen molar-refractivity contribution in [3.8, 4) is 0 Å². The van der Waals surface area contributed by atoms with Gasteiger partial charge in [-0.3, -0.25) is 9.69 Å². The number of anilines is 1. The zero-order chi connectivity index (χ0) is 24.7. The van der Waals surface area contributed by atoms with Crippen molar-refractivity contribution in [1.29, 1.82) is 0 Å². The molecule has 0 bridgehead atoms. The highest BCUT2D eigenvalue weighted by Crippen LogP contribution is 2.21. The van der Waals surface area contributed by atoms with Crippen molar-refractivity contribution in [3.63, 3.8) is 0 Å². The van der Waals surface area contributed by atoms with E-state index in [4.69, 9.17) is 0 Å². The average Bonchev–Trinajstić information content (AvgIpc) is 2.93. The molecule has 1 aliphatic rings. The van der Waals surface area contributed by atoms with Crippen molar-refractivity contribution in [2.75, 3.05) is 37.7 Å². The van der Waals surface area contributed by atoms with Gasteiger partial charge in [-0.05, 0) is 46.5 Å². The third kappa shape index (κ3) is 5.73. The van der Waals surface area contributed by atoms with Crippen LogP contribution in [-0.2, 0) is 13.0 Å². The van der Waals surface area contributed by atoms with Gasteiger partial charge in [-0.25, -0.2) is 4.98 Å². The smallest absolute Gasteiger partial charge is 0.255 e. The summed E-state index contributed by atoms with van der Waals surface area (Å²) in [5.74, 6) is 0.503. The lowest BCUT2D eigenvalue weighted by atomic mass is 10.1. The molecule has 1 aliphatic heterocycles. The molecule has 5 rings (SSSR count). The predicted molar refractivity (Wildman–Crippen MR) is 144 cm³/mol. The van der Waals surface area contributed by atoms with Crippen LogP contribution in [0.5, 0.6) is 0 Å². The summed E-state index contributed by atoms with van der Waals surface area (Å²) in [6.07, 6.45) is 2.31. The average molecular weight is 481 g/mol. The molecule has 6 heteroatoms. The Kier molecular flexibility index (Phi) is 7.55. The number of hydrogen-bond acceptors (Lipinski definition) is 5. The minimum absolute atomic E-state index is 0.121. The molecule has 0 saturated carbocycles. The number of carbonyl (C=O) groups excluding carboxylic acids is 1. The molecule has 36 heavy (non-hydrogen) atoms. The van der Waals surface area contributed by atoms with E-state index in [0.29, 0.717) is 17.8 Å². The monoisotopic (exact) mass is 480 g/mol. The number of aromatic nitrogens is 1. The number of fused-ring (bicyclic) bond motifs is 1. The second-order valence-electron chi connectivity index (χ2n) is 9.36. The first-order valence-corrected chi connectivity index (χ1v) is 12.6. The number of pyridine rings is 1. The highest BCUT2D eigenvalue weighted by Gasteiger charge is 2.24. The number of aliphatic hydroxyl groups excluding tert-OH is 1. The van der Waals surface area contributed by atoms with Gasteiger partial charge < -0.3 is 15.3 Å². The van der Waals surface area contributed by atoms with Gasteiger partial charge in [-0.1, -0.05) is 66.7 Å². The van der Waals surface area contributed by atoms with E-state index < -0.39 is 0 Å². The van der Waals surface area contributed by atoms with Gasteiger partial charge in [0.05, 0.1) is 18.2 Å². The van der Waals surface area contributed by atoms with Crippen LogP contribution in [0.15, 0.2) is 91.1 Å². The summed E-state index contributed by atoms with van der Waals surface area (Å²) < 4.78 is 0. The fraction of sp³-hybridized carbons (Fsp3) is 0.267. The molecule has 2 N–H and O–H groups in total. The SMILES string of the molecule is O=C(NC(CO)Cc1ccccc1)c1cccnc1N1CCN(Cc2ccc3ccccc3c2)CC1. The fourth-order valence-electron chi connectivity index (χ4n) is 4.86. The summed E-state index contributed by atoms with van der Waals surface area (Å²) in [6, 6.07) is 28.3. The summed E-state index contributed by atoms with van der Waals surface area (Å²) in [5.41, 5.74) is 2.94. The molecule has 0 aliphatic carbocycles. The lowest BCUT2D eigenvalue weighted by Crippen LogP contribution is -2.47. The maximum atomic E-state index is 13.2. The highest BCUT2D eigenvalue weighted by atomic mass is 16.3. The molecular weight excluding hydrogens is 448 g/mol. The molecule has 1 saturated heterocycles. The van der Waals surface area contributed by atoms with Crippen LogP contribution in [0.4, 0.5) is 5.82 Å². The third-order valence-corrected chi connectivity index (χ3v) is 6.80. The Bertz CT molecular complexity index is 1300. The van der Waals surface area contributed by atoms with Crippen LogP contribution in [0.25, 0.3) is 10.8 Å². The first-order valence-electron chi connectivity index (χ1n) is 12.6. The van der Waals surface area contributed by atoms with Crippen molar-refractivity contribution in [2.45, 2.75) is 19.0 Å². The van der Waals surface area contributed by atoms with Gasteiger partial charge in [0, 0.05) is 38.9 Å². The second kappa shape index (κ2) is 11.3. The van der Waals surface area contributed by atoms with Crippen LogP contribution < -0.4 is 10.2 Å². The lowest BCUT2D eigenvalue weighted by Gasteiger charge is -2.36. The van der Waals surface area contributed by atoms with Crippen molar-refractivity contribution in [2.24, 2.45) is 0 Å². The van der Waals surface area contributed by atoms with Gasteiger partial charge in [0.15, 0.2) is 0 Å². The molecule has 1 fully saturated rings. The predicted octanol–water partition coefficient (Wildman–Crippen LogP) is 3.89. The van der Waals surface area contributed by atoms with E-state index in [2.05, 4.69) is 62.6 Å². The molecule has 6 nitrogen and oxygen atoms in total. The zero-order valence-electron chi connectivity index (χ0n) is 20.4. The number of hydrogen-bond donors (Lipinski definition) is 2. The minimum Gasteiger partial charge on any atom is -0.394 e. The molecule has 4 aromatic rings. The Labute approximate surface area is 212 Å². The molecule has 1 aromatic heterocycles. The summed E-state index contributed by atoms with van der Waals surface area (Å²) in [5, 5.41) is 15.4. The Balaban J connectivity index is 1.21. The summed E-state index contributed by atoms with van der Waals surface area (Å²) >= 11 is 0. The Hall–Kier alpha value is -3.74. The van der Waals surface area contributed by atoms with Gasteiger partial charge in [0.25, 0.3) is 5.91 Å². The number of aliphatic hydroxyl groups is 1. The topological polar surface area (TPSA) is 68.7 Å². The molecule has 3 aromatic carbocycles. The molecule has 0 spiro atoms. The van der Waals surface area contributed by atoms with Crippen molar-refractivity contribution in [3.05, 3.63) is 108 Å². The van der Waals surface area contributed by atoms with Gasteiger partial charge in [-0.2, -0.15) is 0 Å². The maximum Gasteiger partial charge on any atom is 0.255 e. The highest BCUT2D eigenvalue weighted by molar-refractivity contribution is 5.99. The molecule has 1 unspecified atom stereocenters. The van der Waals surface area contributed by atoms with E-state index >= 15 is 0 Å². The van der Waals surface area contributed by atoms with E-state index in [0.717, 1.165) is 38.3 Å². The van der Waals surface area contributed by atoms with Crippen LogP contribution in [0.2, 0.25) is 0 Å². The van der Waals surface area contributed by atoms with Gasteiger partial charge in [0.1, 0.15) is 5.82 Å². The zero-order valence-corrected chi connectivity index (χ0v) is 20.4. The fourth-order valence-corrected chi connectivity index (χ4v) is 4.86. The first kappa shape index (κ1) is 24.0. The first-order chi connectivity index (χ1) is 17.7. The van der Waals surface area contributed by atoms with Crippen LogP contribution in [0.3, 0.4) is 0 Å². The molecular formula is C30H32N4O2. The Morgan fingerprint density at radius 2 is 1.61 bits per heavy atom. The molecule has 1 atom stereocenters. The number of amides is 1. The molecule has 184 valence electrons. The van der Waals surface area contributed by atoms with E-state index in [1.54, 1.807) is 12.3 Å². The summed E-state index contributed by atoms with van der Waals surface area (Å²) in [7, 11) is 0. The number of rotatable bonds is 8. The van der Waals surface area contributed by atoms with Gasteiger partial charge in [0.2, 0.25) is 0 Å². The molecule has 1 amide bonds. The van der Waals surface area contributed by atoms with E-state index in [1.165, 1.54) is 16.3 Å². The summed E-state index contributed by atoms with van der Waals surface area (Å²) in [4.78, 5) is 22.4. The Morgan fingerprint density at radius 1 is 0.861 bits per heavy atom. The number of carbonyl (C=O) groups is 1. The van der Waals surface area contributed by atoms with E-state index in [-0.39, 0.29) is 18.6 Å². The van der Waals surface area contributed by atoms with Gasteiger partial charge >= 0.3 is 0 Å². The number of nitrogens with one attached hydrogen (secondary N) is 1. The quantitative estimate of drug-likeness (QED) is 0.401.